The van der Waals surface area contributed by atoms with Gasteiger partial charge in [-0.15, -0.1) is 0 Å². The molecule has 1 heterocycles. The van der Waals surface area contributed by atoms with Gasteiger partial charge in [0.2, 0.25) is 0 Å². The summed E-state index contributed by atoms with van der Waals surface area (Å²) in [4.78, 5) is 4.06. The fraction of sp³-hybridized carbons (Fsp3) is 0.211. The first-order valence-corrected chi connectivity index (χ1v) is 7.79. The number of benzene rings is 2. The first kappa shape index (κ1) is 16.1. The monoisotopic (exact) mass is 323 g/mol. The van der Waals surface area contributed by atoms with Crippen molar-refractivity contribution in [1.29, 1.82) is 0 Å². The van der Waals surface area contributed by atoms with Crippen LogP contribution in [-0.4, -0.2) is 23.8 Å². The van der Waals surface area contributed by atoms with Gasteiger partial charge in [-0.3, -0.25) is 0 Å². The summed E-state index contributed by atoms with van der Waals surface area (Å²) in [7, 11) is 3.31. The number of imidazole rings is 1. The van der Waals surface area contributed by atoms with E-state index in [0.717, 1.165) is 29.3 Å². The second-order valence-corrected chi connectivity index (χ2v) is 5.39. The van der Waals surface area contributed by atoms with Crippen LogP contribution >= 0.6 is 0 Å². The number of para-hydroxylation sites is 1. The number of aromatic nitrogens is 2. The van der Waals surface area contributed by atoms with Crippen LogP contribution in [0, 0.1) is 0 Å². The van der Waals surface area contributed by atoms with Crippen molar-refractivity contribution in [2.45, 2.75) is 13.1 Å². The summed E-state index contributed by atoms with van der Waals surface area (Å²) in [5, 5.41) is 3.44. The average Bonchev–Trinajstić information content (AvgIpc) is 3.16. The maximum absolute atomic E-state index is 5.45. The summed E-state index contributed by atoms with van der Waals surface area (Å²) in [6, 6.07) is 14.3. The minimum Gasteiger partial charge on any atom is -0.493 e. The number of hydrogen-bond acceptors (Lipinski definition) is 4. The third-order valence-electron chi connectivity index (χ3n) is 3.87. The maximum Gasteiger partial charge on any atom is 0.165 e. The molecular weight excluding hydrogens is 302 g/mol. The van der Waals surface area contributed by atoms with Crippen molar-refractivity contribution < 1.29 is 9.47 Å². The van der Waals surface area contributed by atoms with Gasteiger partial charge >= 0.3 is 0 Å². The molecule has 0 saturated carbocycles. The number of nitrogens with zero attached hydrogens (tertiary/aromatic N) is 2. The Morgan fingerprint density at radius 3 is 2.50 bits per heavy atom. The lowest BCUT2D eigenvalue weighted by molar-refractivity contribution is 0.350. The Balaban J connectivity index is 1.61. The van der Waals surface area contributed by atoms with E-state index in [-0.39, 0.29) is 0 Å². The van der Waals surface area contributed by atoms with Crippen molar-refractivity contribution in [3.05, 3.63) is 72.3 Å². The Hall–Kier alpha value is -2.79. The molecule has 0 aliphatic carbocycles. The van der Waals surface area contributed by atoms with Crippen LogP contribution in [0.4, 0.5) is 0 Å². The fourth-order valence-corrected chi connectivity index (χ4v) is 2.63. The largest absolute Gasteiger partial charge is 0.493 e. The van der Waals surface area contributed by atoms with Gasteiger partial charge in [-0.05, 0) is 23.8 Å². The summed E-state index contributed by atoms with van der Waals surface area (Å²) < 4.78 is 12.8. The van der Waals surface area contributed by atoms with E-state index in [1.807, 2.05) is 29.0 Å². The van der Waals surface area contributed by atoms with Crippen LogP contribution in [0.1, 0.15) is 11.1 Å². The smallest absolute Gasteiger partial charge is 0.165 e. The van der Waals surface area contributed by atoms with Crippen LogP contribution in [0.2, 0.25) is 0 Å². The van der Waals surface area contributed by atoms with E-state index in [9.17, 15) is 0 Å². The zero-order chi connectivity index (χ0) is 16.8. The highest BCUT2D eigenvalue weighted by Crippen LogP contribution is 2.30. The number of nitrogens with one attached hydrogen (secondary N) is 1. The van der Waals surface area contributed by atoms with Gasteiger partial charge in [-0.25, -0.2) is 4.98 Å². The van der Waals surface area contributed by atoms with E-state index in [2.05, 4.69) is 34.6 Å². The van der Waals surface area contributed by atoms with Crippen molar-refractivity contribution in [2.24, 2.45) is 0 Å². The Bertz CT molecular complexity index is 768. The summed E-state index contributed by atoms with van der Waals surface area (Å²) >= 11 is 0. The van der Waals surface area contributed by atoms with E-state index < -0.39 is 0 Å². The standard InChI is InChI=1S/C19H21N3O2/c1-23-18-5-3-4-16(19(18)24-2)13-21-12-15-6-8-17(9-7-15)22-11-10-20-14-22/h3-11,14,21H,12-13H2,1-2H3. The lowest BCUT2D eigenvalue weighted by Crippen LogP contribution is -2.13. The molecule has 0 amide bonds. The highest BCUT2D eigenvalue weighted by molar-refractivity contribution is 5.46. The highest BCUT2D eigenvalue weighted by atomic mass is 16.5. The summed E-state index contributed by atoms with van der Waals surface area (Å²) in [5.74, 6) is 1.53. The molecule has 0 aliphatic heterocycles. The molecule has 0 unspecified atom stereocenters. The minimum absolute atomic E-state index is 0.712. The number of hydrogen-bond donors (Lipinski definition) is 1. The topological polar surface area (TPSA) is 48.3 Å². The molecule has 5 nitrogen and oxygen atoms in total. The van der Waals surface area contributed by atoms with Gasteiger partial charge in [0.05, 0.1) is 20.5 Å². The molecule has 0 radical (unpaired) electrons. The lowest BCUT2D eigenvalue weighted by atomic mass is 10.1. The Morgan fingerprint density at radius 1 is 1.00 bits per heavy atom. The van der Waals surface area contributed by atoms with Crippen LogP contribution in [0.15, 0.2) is 61.2 Å². The van der Waals surface area contributed by atoms with E-state index in [4.69, 9.17) is 9.47 Å². The van der Waals surface area contributed by atoms with Gasteiger partial charge in [-0.2, -0.15) is 0 Å². The Kier molecular flexibility index (Phi) is 5.13. The molecule has 0 aliphatic rings. The predicted molar refractivity (Wildman–Crippen MR) is 93.7 cm³/mol. The van der Waals surface area contributed by atoms with Crippen molar-refractivity contribution in [3.63, 3.8) is 0 Å². The molecule has 1 N–H and O–H groups in total. The molecule has 1 aromatic heterocycles. The quantitative estimate of drug-likeness (QED) is 0.725. The van der Waals surface area contributed by atoms with E-state index >= 15 is 0 Å². The highest BCUT2D eigenvalue weighted by Gasteiger charge is 2.08. The molecule has 0 bridgehead atoms. The minimum atomic E-state index is 0.712. The first-order chi connectivity index (χ1) is 11.8. The molecule has 5 heteroatoms. The third kappa shape index (κ3) is 3.58. The maximum atomic E-state index is 5.45. The molecule has 2 aromatic carbocycles. The van der Waals surface area contributed by atoms with Crippen LogP contribution < -0.4 is 14.8 Å². The molecular formula is C19H21N3O2. The fourth-order valence-electron chi connectivity index (χ4n) is 2.63. The third-order valence-corrected chi connectivity index (χ3v) is 3.87. The van der Waals surface area contributed by atoms with Gasteiger partial charge in [0.1, 0.15) is 0 Å². The van der Waals surface area contributed by atoms with Crippen LogP contribution in [0.3, 0.4) is 0 Å². The number of ether oxygens (including phenoxy) is 2. The van der Waals surface area contributed by atoms with Crippen molar-refractivity contribution in [2.75, 3.05) is 14.2 Å². The average molecular weight is 323 g/mol. The van der Waals surface area contributed by atoms with E-state index in [1.165, 1.54) is 5.56 Å². The molecule has 3 rings (SSSR count). The van der Waals surface area contributed by atoms with Gasteiger partial charge in [-0.1, -0.05) is 24.3 Å². The second kappa shape index (κ2) is 7.66. The zero-order valence-electron chi connectivity index (χ0n) is 13.9. The first-order valence-electron chi connectivity index (χ1n) is 7.79. The molecule has 0 fully saturated rings. The van der Waals surface area contributed by atoms with Crippen LogP contribution in [0.25, 0.3) is 5.69 Å². The number of rotatable bonds is 7. The summed E-state index contributed by atoms with van der Waals surface area (Å²) in [6.07, 6.45) is 5.50. The lowest BCUT2D eigenvalue weighted by Gasteiger charge is -2.13. The van der Waals surface area contributed by atoms with Crippen molar-refractivity contribution in [1.82, 2.24) is 14.9 Å². The van der Waals surface area contributed by atoms with Crippen molar-refractivity contribution >= 4 is 0 Å². The van der Waals surface area contributed by atoms with Gasteiger partial charge in [0, 0.05) is 36.7 Å². The van der Waals surface area contributed by atoms with Gasteiger partial charge in [0.25, 0.3) is 0 Å². The van der Waals surface area contributed by atoms with Gasteiger partial charge in [0.15, 0.2) is 11.5 Å². The van der Waals surface area contributed by atoms with Crippen LogP contribution in [-0.2, 0) is 13.1 Å². The normalized spacial score (nSPS) is 10.6. The molecule has 24 heavy (non-hydrogen) atoms. The van der Waals surface area contributed by atoms with E-state index in [0.29, 0.717) is 6.54 Å². The Morgan fingerprint density at radius 2 is 1.83 bits per heavy atom. The van der Waals surface area contributed by atoms with E-state index in [1.54, 1.807) is 26.7 Å². The summed E-state index contributed by atoms with van der Waals surface area (Å²) in [5.41, 5.74) is 3.40. The zero-order valence-corrected chi connectivity index (χ0v) is 13.9. The number of methoxy groups -OCH3 is 2. The van der Waals surface area contributed by atoms with Crippen LogP contribution in [0.5, 0.6) is 11.5 Å². The molecule has 124 valence electrons. The molecule has 0 atom stereocenters. The molecule has 0 saturated heterocycles. The SMILES string of the molecule is COc1cccc(CNCc2ccc(-n3ccnc3)cc2)c1OC. The predicted octanol–water partition coefficient (Wildman–Crippen LogP) is 3.18. The van der Waals surface area contributed by atoms with Gasteiger partial charge < -0.3 is 19.4 Å². The Labute approximate surface area is 141 Å². The molecule has 0 spiro atoms. The van der Waals surface area contributed by atoms with Crippen molar-refractivity contribution in [3.8, 4) is 17.2 Å². The summed E-state index contributed by atoms with van der Waals surface area (Å²) in [6.45, 7) is 1.49. The molecule has 3 aromatic rings. The second-order valence-electron chi connectivity index (χ2n) is 5.39.